The van der Waals surface area contributed by atoms with Crippen LogP contribution in [0.4, 0.5) is 0 Å². The Hall–Kier alpha value is -2.47. The number of aromatic nitrogens is 1. The van der Waals surface area contributed by atoms with E-state index in [9.17, 15) is 9.59 Å². The highest BCUT2D eigenvalue weighted by Gasteiger charge is 2.36. The minimum atomic E-state index is -0.407. The lowest BCUT2D eigenvalue weighted by Gasteiger charge is -2.43. The number of pyridine rings is 1. The molecule has 27 heavy (non-hydrogen) atoms. The van der Waals surface area contributed by atoms with E-state index < -0.39 is 5.97 Å². The number of fused-ring (bicyclic) bond motifs is 2. The Balaban J connectivity index is 1.35. The predicted molar refractivity (Wildman–Crippen MR) is 100 cm³/mol. The van der Waals surface area contributed by atoms with Crippen molar-refractivity contribution in [2.24, 2.45) is 0 Å². The van der Waals surface area contributed by atoms with Crippen molar-refractivity contribution in [2.75, 3.05) is 19.8 Å². The molecule has 1 aromatic heterocycles. The van der Waals surface area contributed by atoms with Crippen molar-refractivity contribution < 1.29 is 19.1 Å². The second kappa shape index (κ2) is 8.05. The summed E-state index contributed by atoms with van der Waals surface area (Å²) >= 11 is 0. The number of ether oxygens (including phenoxy) is 2. The smallest absolute Gasteiger partial charge is 0.310 e. The van der Waals surface area contributed by atoms with Crippen LogP contribution in [0.15, 0.2) is 36.5 Å². The van der Waals surface area contributed by atoms with Gasteiger partial charge in [0.15, 0.2) is 6.61 Å². The number of rotatable bonds is 4. The van der Waals surface area contributed by atoms with Crippen LogP contribution in [0.2, 0.25) is 0 Å². The molecule has 142 valence electrons. The number of esters is 1. The van der Waals surface area contributed by atoms with Gasteiger partial charge in [-0.05, 0) is 24.5 Å². The molecule has 0 bridgehead atoms. The molecule has 1 saturated heterocycles. The van der Waals surface area contributed by atoms with Gasteiger partial charge in [0.2, 0.25) is 0 Å². The van der Waals surface area contributed by atoms with E-state index >= 15 is 0 Å². The van der Waals surface area contributed by atoms with Crippen LogP contribution in [0.25, 0.3) is 10.9 Å². The Morgan fingerprint density at radius 2 is 2.04 bits per heavy atom. The Kier molecular flexibility index (Phi) is 5.34. The molecule has 6 heteroatoms. The summed E-state index contributed by atoms with van der Waals surface area (Å²) in [7, 11) is 0. The Bertz CT molecular complexity index is 831. The van der Waals surface area contributed by atoms with E-state index in [2.05, 4.69) is 4.98 Å². The first-order valence-corrected chi connectivity index (χ1v) is 9.62. The first kappa shape index (κ1) is 17.9. The molecule has 2 atom stereocenters. The van der Waals surface area contributed by atoms with Crippen molar-refractivity contribution >= 4 is 22.8 Å². The third-order valence-electron chi connectivity index (χ3n) is 5.46. The van der Waals surface area contributed by atoms with Gasteiger partial charge in [-0.1, -0.05) is 37.1 Å². The molecule has 0 radical (unpaired) electrons. The summed E-state index contributed by atoms with van der Waals surface area (Å²) in [5.74, 6) is -0.533. The highest BCUT2D eigenvalue weighted by Crippen LogP contribution is 2.28. The lowest BCUT2D eigenvalue weighted by molar-refractivity contribution is -0.160. The molecular weight excluding hydrogens is 344 g/mol. The maximum absolute atomic E-state index is 12.6. The van der Waals surface area contributed by atoms with Gasteiger partial charge in [-0.25, -0.2) is 0 Å². The standard InChI is InChI=1S/C21H24N2O4/c24-19(23-11-12-26-18-9-2-1-8-17(18)23)14-27-20(25)13-16-6-3-5-15-7-4-10-22-21(15)16/h3-7,10,17-18H,1-2,8-9,11-14H2/t17-,18+/m1/s1. The number of carbonyl (C=O) groups excluding carboxylic acids is 2. The molecule has 0 unspecified atom stereocenters. The number of morpholine rings is 1. The molecule has 2 heterocycles. The minimum absolute atomic E-state index is 0.108. The normalized spacial score (nSPS) is 22.3. The predicted octanol–water partition coefficient (Wildman–Crippen LogP) is 2.49. The zero-order valence-corrected chi connectivity index (χ0v) is 15.3. The van der Waals surface area contributed by atoms with E-state index in [0.29, 0.717) is 13.2 Å². The summed E-state index contributed by atoms with van der Waals surface area (Å²) in [6, 6.07) is 9.67. The van der Waals surface area contributed by atoms with Crippen LogP contribution in [0.5, 0.6) is 0 Å². The van der Waals surface area contributed by atoms with E-state index in [0.717, 1.165) is 42.1 Å². The van der Waals surface area contributed by atoms with Crippen LogP contribution in [0.1, 0.15) is 31.2 Å². The molecule has 2 aliphatic rings. The van der Waals surface area contributed by atoms with Gasteiger partial charge >= 0.3 is 5.97 Å². The Labute approximate surface area is 158 Å². The number of hydrogen-bond acceptors (Lipinski definition) is 5. The van der Waals surface area contributed by atoms with E-state index in [1.165, 1.54) is 0 Å². The number of carbonyl (C=O) groups is 2. The van der Waals surface area contributed by atoms with E-state index in [1.54, 1.807) is 6.20 Å². The highest BCUT2D eigenvalue weighted by atomic mass is 16.5. The van der Waals surface area contributed by atoms with Crippen molar-refractivity contribution in [3.8, 4) is 0 Å². The maximum Gasteiger partial charge on any atom is 0.310 e. The fourth-order valence-corrected chi connectivity index (χ4v) is 4.15. The van der Waals surface area contributed by atoms with Gasteiger partial charge in [-0.2, -0.15) is 0 Å². The zero-order chi connectivity index (χ0) is 18.6. The molecule has 6 nitrogen and oxygen atoms in total. The summed E-state index contributed by atoms with van der Waals surface area (Å²) in [5, 5.41) is 0.982. The van der Waals surface area contributed by atoms with E-state index in [4.69, 9.17) is 9.47 Å². The first-order valence-electron chi connectivity index (χ1n) is 9.62. The molecule has 1 aliphatic carbocycles. The lowest BCUT2D eigenvalue weighted by atomic mass is 9.90. The largest absolute Gasteiger partial charge is 0.455 e. The second-order valence-corrected chi connectivity index (χ2v) is 7.18. The van der Waals surface area contributed by atoms with Crippen LogP contribution in [-0.2, 0) is 25.5 Å². The van der Waals surface area contributed by atoms with Gasteiger partial charge in [-0.3, -0.25) is 14.6 Å². The molecule has 2 fully saturated rings. The first-order chi connectivity index (χ1) is 13.2. The quantitative estimate of drug-likeness (QED) is 0.776. The molecule has 1 amide bonds. The SMILES string of the molecule is O=C(Cc1cccc2cccnc12)OCC(=O)N1CCO[C@H]2CCCC[C@H]21. The summed E-state index contributed by atoms with van der Waals surface area (Å²) in [6.45, 7) is 0.924. The fourth-order valence-electron chi connectivity index (χ4n) is 4.15. The average molecular weight is 368 g/mol. The van der Waals surface area contributed by atoms with Gasteiger partial charge in [0.1, 0.15) is 0 Å². The molecule has 0 N–H and O–H groups in total. The fraction of sp³-hybridized carbons (Fsp3) is 0.476. The molecule has 1 aliphatic heterocycles. The van der Waals surface area contributed by atoms with Gasteiger partial charge in [-0.15, -0.1) is 0 Å². The van der Waals surface area contributed by atoms with E-state index in [1.807, 2.05) is 35.2 Å². The molecule has 0 spiro atoms. The van der Waals surface area contributed by atoms with Crippen LogP contribution >= 0.6 is 0 Å². The summed E-state index contributed by atoms with van der Waals surface area (Å²) in [4.78, 5) is 31.1. The third-order valence-corrected chi connectivity index (χ3v) is 5.46. The van der Waals surface area contributed by atoms with Crippen LogP contribution < -0.4 is 0 Å². The van der Waals surface area contributed by atoms with E-state index in [-0.39, 0.29) is 31.1 Å². The van der Waals surface area contributed by atoms with Crippen molar-refractivity contribution in [1.82, 2.24) is 9.88 Å². The summed E-state index contributed by atoms with van der Waals surface area (Å²) in [5.41, 5.74) is 1.60. The van der Waals surface area contributed by atoms with Crippen LogP contribution in [-0.4, -0.2) is 53.7 Å². The van der Waals surface area contributed by atoms with Crippen molar-refractivity contribution in [1.29, 1.82) is 0 Å². The molecule has 2 aromatic rings. The molecular formula is C21H24N2O4. The zero-order valence-electron chi connectivity index (χ0n) is 15.3. The van der Waals surface area contributed by atoms with Crippen LogP contribution in [0.3, 0.4) is 0 Å². The Morgan fingerprint density at radius 1 is 1.19 bits per heavy atom. The topological polar surface area (TPSA) is 68.7 Å². The minimum Gasteiger partial charge on any atom is -0.455 e. The van der Waals surface area contributed by atoms with Crippen molar-refractivity contribution in [3.05, 3.63) is 42.1 Å². The average Bonchev–Trinajstić information content (AvgIpc) is 2.72. The number of benzene rings is 1. The number of para-hydroxylation sites is 1. The second-order valence-electron chi connectivity index (χ2n) is 7.18. The lowest BCUT2D eigenvalue weighted by Crippen LogP contribution is -2.55. The maximum atomic E-state index is 12.6. The number of hydrogen-bond donors (Lipinski definition) is 0. The number of amides is 1. The summed E-state index contributed by atoms with van der Waals surface area (Å²) < 4.78 is 11.1. The van der Waals surface area contributed by atoms with Gasteiger partial charge in [0.05, 0.1) is 30.7 Å². The molecule has 1 saturated carbocycles. The Morgan fingerprint density at radius 3 is 2.96 bits per heavy atom. The number of nitrogens with zero attached hydrogens (tertiary/aromatic N) is 2. The molecule has 4 rings (SSSR count). The highest BCUT2D eigenvalue weighted by molar-refractivity contribution is 5.87. The van der Waals surface area contributed by atoms with Crippen LogP contribution in [0, 0.1) is 0 Å². The third kappa shape index (κ3) is 3.95. The van der Waals surface area contributed by atoms with Gasteiger partial charge < -0.3 is 14.4 Å². The van der Waals surface area contributed by atoms with Crippen molar-refractivity contribution in [3.63, 3.8) is 0 Å². The summed E-state index contributed by atoms with van der Waals surface area (Å²) in [6.07, 6.45) is 6.18. The van der Waals surface area contributed by atoms with Crippen molar-refractivity contribution in [2.45, 2.75) is 44.2 Å². The van der Waals surface area contributed by atoms with Gasteiger partial charge in [0.25, 0.3) is 5.91 Å². The molecule has 1 aromatic carbocycles. The monoisotopic (exact) mass is 368 g/mol. The van der Waals surface area contributed by atoms with Gasteiger partial charge in [0, 0.05) is 18.1 Å².